The van der Waals surface area contributed by atoms with Crippen molar-refractivity contribution in [2.45, 2.75) is 64.4 Å². The molecule has 0 aliphatic rings. The molecule has 3 rings (SSSR count). The van der Waals surface area contributed by atoms with Gasteiger partial charge in [-0.2, -0.15) is 0 Å². The van der Waals surface area contributed by atoms with E-state index in [9.17, 15) is 4.79 Å². The number of esters is 1. The Morgan fingerprint density at radius 2 is 1.29 bits per heavy atom. The lowest BCUT2D eigenvalue weighted by Crippen LogP contribution is -2.10. The lowest BCUT2D eigenvalue weighted by molar-refractivity contribution is -0.142. The zero-order valence-electron chi connectivity index (χ0n) is 19.0. The van der Waals surface area contributed by atoms with Gasteiger partial charge in [0.05, 0.1) is 0 Å². The predicted octanol–water partition coefficient (Wildman–Crippen LogP) is 7.61. The van der Waals surface area contributed by atoms with Crippen LogP contribution in [0.4, 0.5) is 0 Å². The largest absolute Gasteiger partial charge is 0.461 e. The van der Waals surface area contributed by atoms with Gasteiger partial charge in [-0.05, 0) is 59.3 Å². The Morgan fingerprint density at radius 3 is 1.84 bits per heavy atom. The van der Waals surface area contributed by atoms with E-state index < -0.39 is 0 Å². The van der Waals surface area contributed by atoms with Gasteiger partial charge in [0.15, 0.2) is 0 Å². The molecule has 3 atom stereocenters. The predicted molar refractivity (Wildman–Crippen MR) is 128 cm³/mol. The third-order valence-electron chi connectivity index (χ3n) is 6.23. The number of rotatable bonds is 10. The molecule has 0 spiro atoms. The SMILES string of the molecule is CCC(CC(CC(C)c1ccccc1)c1ccc(COC(C)=O)cc1)c1ccccc1. The average Bonchev–Trinajstić information content (AvgIpc) is 2.81. The number of carbonyl (C=O) groups is 1. The Morgan fingerprint density at radius 1 is 0.742 bits per heavy atom. The number of carbonyl (C=O) groups excluding carboxylic acids is 1. The second-order valence-electron chi connectivity index (χ2n) is 8.52. The van der Waals surface area contributed by atoms with Gasteiger partial charge >= 0.3 is 5.97 Å². The maximum absolute atomic E-state index is 11.1. The van der Waals surface area contributed by atoms with Crippen molar-refractivity contribution in [1.82, 2.24) is 0 Å². The second-order valence-corrected chi connectivity index (χ2v) is 8.52. The Labute approximate surface area is 187 Å². The molecule has 2 heteroatoms. The van der Waals surface area contributed by atoms with E-state index in [0.717, 1.165) is 24.8 Å². The van der Waals surface area contributed by atoms with Gasteiger partial charge in [-0.25, -0.2) is 0 Å². The van der Waals surface area contributed by atoms with Crippen molar-refractivity contribution < 1.29 is 9.53 Å². The highest BCUT2D eigenvalue weighted by Crippen LogP contribution is 2.38. The van der Waals surface area contributed by atoms with Gasteiger partial charge in [0.25, 0.3) is 0 Å². The summed E-state index contributed by atoms with van der Waals surface area (Å²) in [5, 5.41) is 0. The topological polar surface area (TPSA) is 26.3 Å². The molecular weight excluding hydrogens is 380 g/mol. The maximum Gasteiger partial charge on any atom is 0.302 e. The van der Waals surface area contributed by atoms with Crippen LogP contribution in [0.1, 0.15) is 80.0 Å². The second kappa shape index (κ2) is 11.5. The highest BCUT2D eigenvalue weighted by molar-refractivity contribution is 5.65. The number of benzene rings is 3. The molecule has 0 saturated carbocycles. The summed E-state index contributed by atoms with van der Waals surface area (Å²) in [6, 6.07) is 30.3. The Bertz CT molecular complexity index is 916. The molecule has 0 aliphatic heterocycles. The van der Waals surface area contributed by atoms with Crippen LogP contribution in [-0.2, 0) is 16.1 Å². The zero-order chi connectivity index (χ0) is 22.1. The van der Waals surface area contributed by atoms with Crippen LogP contribution in [-0.4, -0.2) is 5.97 Å². The first-order valence-electron chi connectivity index (χ1n) is 11.4. The van der Waals surface area contributed by atoms with Crippen LogP contribution in [0.25, 0.3) is 0 Å². The lowest BCUT2D eigenvalue weighted by atomic mass is 9.78. The monoisotopic (exact) mass is 414 g/mol. The van der Waals surface area contributed by atoms with Crippen molar-refractivity contribution in [3.8, 4) is 0 Å². The van der Waals surface area contributed by atoms with Gasteiger partial charge in [-0.15, -0.1) is 0 Å². The maximum atomic E-state index is 11.1. The number of ether oxygens (including phenoxy) is 1. The van der Waals surface area contributed by atoms with E-state index in [0.29, 0.717) is 24.4 Å². The van der Waals surface area contributed by atoms with E-state index in [1.807, 2.05) is 0 Å². The van der Waals surface area contributed by atoms with E-state index in [1.54, 1.807) is 0 Å². The molecular formula is C29H34O2. The fraction of sp³-hybridized carbons (Fsp3) is 0.345. The zero-order valence-corrected chi connectivity index (χ0v) is 19.0. The van der Waals surface area contributed by atoms with Crippen LogP contribution in [0.3, 0.4) is 0 Å². The smallest absolute Gasteiger partial charge is 0.302 e. The van der Waals surface area contributed by atoms with E-state index in [4.69, 9.17) is 4.74 Å². The van der Waals surface area contributed by atoms with Crippen LogP contribution in [0.5, 0.6) is 0 Å². The highest BCUT2D eigenvalue weighted by Gasteiger charge is 2.21. The van der Waals surface area contributed by atoms with Gasteiger partial charge in [-0.3, -0.25) is 4.79 Å². The summed E-state index contributed by atoms with van der Waals surface area (Å²) in [6.07, 6.45) is 3.36. The van der Waals surface area contributed by atoms with Crippen LogP contribution in [0, 0.1) is 0 Å². The van der Waals surface area contributed by atoms with E-state index >= 15 is 0 Å². The van der Waals surface area contributed by atoms with Crippen LogP contribution in [0.15, 0.2) is 84.9 Å². The van der Waals surface area contributed by atoms with Crippen molar-refractivity contribution in [2.75, 3.05) is 0 Å². The van der Waals surface area contributed by atoms with E-state index in [2.05, 4.69) is 98.8 Å². The molecule has 162 valence electrons. The molecule has 0 heterocycles. The molecule has 0 fully saturated rings. The standard InChI is InChI=1S/C29H34O2/c1-4-25(27-13-9-6-10-14-27)20-29(19-22(2)26-11-7-5-8-12-26)28-17-15-24(16-18-28)21-31-23(3)30/h5-18,22,25,29H,4,19-21H2,1-3H3. The first-order chi connectivity index (χ1) is 15.1. The third-order valence-corrected chi connectivity index (χ3v) is 6.23. The summed E-state index contributed by atoms with van der Waals surface area (Å²) >= 11 is 0. The molecule has 2 nitrogen and oxygen atoms in total. The summed E-state index contributed by atoms with van der Waals surface area (Å²) in [5.74, 6) is 1.24. The minimum absolute atomic E-state index is 0.243. The number of hydrogen-bond donors (Lipinski definition) is 0. The summed E-state index contributed by atoms with van der Waals surface area (Å²) in [4.78, 5) is 11.1. The molecule has 0 aliphatic carbocycles. The molecule has 0 saturated heterocycles. The van der Waals surface area contributed by atoms with Gasteiger partial charge in [-0.1, -0.05) is 98.8 Å². The normalized spacial score (nSPS) is 13.9. The summed E-state index contributed by atoms with van der Waals surface area (Å²) in [6.45, 7) is 6.41. The molecule has 3 unspecified atom stereocenters. The van der Waals surface area contributed by atoms with Gasteiger partial charge in [0.1, 0.15) is 6.61 Å². The third kappa shape index (κ3) is 6.82. The van der Waals surface area contributed by atoms with E-state index in [-0.39, 0.29) is 5.97 Å². The summed E-state index contributed by atoms with van der Waals surface area (Å²) in [5.41, 5.74) is 5.22. The fourth-order valence-electron chi connectivity index (χ4n) is 4.39. The highest BCUT2D eigenvalue weighted by atomic mass is 16.5. The van der Waals surface area contributed by atoms with Crippen molar-refractivity contribution in [3.63, 3.8) is 0 Å². The fourth-order valence-corrected chi connectivity index (χ4v) is 4.39. The van der Waals surface area contributed by atoms with Gasteiger partial charge in [0, 0.05) is 6.92 Å². The van der Waals surface area contributed by atoms with Crippen LogP contribution >= 0.6 is 0 Å². The average molecular weight is 415 g/mol. The molecule has 0 bridgehead atoms. The Hall–Kier alpha value is -2.87. The molecule has 3 aromatic carbocycles. The molecule has 31 heavy (non-hydrogen) atoms. The number of hydrogen-bond acceptors (Lipinski definition) is 2. The minimum Gasteiger partial charge on any atom is -0.461 e. The molecule has 0 aromatic heterocycles. The van der Waals surface area contributed by atoms with E-state index in [1.165, 1.54) is 23.6 Å². The van der Waals surface area contributed by atoms with Crippen LogP contribution < -0.4 is 0 Å². The van der Waals surface area contributed by atoms with Crippen molar-refractivity contribution in [1.29, 1.82) is 0 Å². The molecule has 0 radical (unpaired) electrons. The Kier molecular flexibility index (Phi) is 8.46. The van der Waals surface area contributed by atoms with Crippen molar-refractivity contribution in [2.24, 2.45) is 0 Å². The lowest BCUT2D eigenvalue weighted by Gasteiger charge is -2.26. The van der Waals surface area contributed by atoms with Crippen LogP contribution in [0.2, 0.25) is 0 Å². The molecule has 3 aromatic rings. The molecule has 0 amide bonds. The van der Waals surface area contributed by atoms with Gasteiger partial charge in [0.2, 0.25) is 0 Å². The molecule has 0 N–H and O–H groups in total. The Balaban J connectivity index is 1.82. The minimum atomic E-state index is -0.243. The van der Waals surface area contributed by atoms with Crippen molar-refractivity contribution >= 4 is 5.97 Å². The first kappa shape index (κ1) is 22.8. The first-order valence-corrected chi connectivity index (χ1v) is 11.4. The summed E-state index contributed by atoms with van der Waals surface area (Å²) < 4.78 is 5.15. The van der Waals surface area contributed by atoms with Crippen molar-refractivity contribution in [3.05, 3.63) is 107 Å². The quantitative estimate of drug-likeness (QED) is 0.319. The van der Waals surface area contributed by atoms with Gasteiger partial charge < -0.3 is 4.74 Å². The summed E-state index contributed by atoms with van der Waals surface area (Å²) in [7, 11) is 0.